The van der Waals surface area contributed by atoms with Crippen LogP contribution in [0.3, 0.4) is 0 Å². The number of guanidine groups is 1. The van der Waals surface area contributed by atoms with Crippen molar-refractivity contribution in [1.82, 2.24) is 26.0 Å². The van der Waals surface area contributed by atoms with Crippen LogP contribution in [0.1, 0.15) is 31.1 Å². The summed E-state index contributed by atoms with van der Waals surface area (Å²) in [5.41, 5.74) is 10.6. The van der Waals surface area contributed by atoms with Gasteiger partial charge in [0.15, 0.2) is 16.8 Å². The van der Waals surface area contributed by atoms with Gasteiger partial charge in [-0.15, -0.1) is 15.6 Å². The summed E-state index contributed by atoms with van der Waals surface area (Å²) in [7, 11) is -5.02. The number of oxime groups is 1. The molecular weight excluding hydrogens is 638 g/mol. The second kappa shape index (κ2) is 13.6. The van der Waals surface area contributed by atoms with Gasteiger partial charge in [0, 0.05) is 24.5 Å². The number of nitrogens with zero attached hydrogens (tertiary/aromatic N) is 4. The zero-order chi connectivity index (χ0) is 32.9. The molecule has 19 nitrogen and oxygen atoms in total. The van der Waals surface area contributed by atoms with E-state index in [2.05, 4.69) is 35.4 Å². The molecular formula is C24H31N9O10S2. The average molecular weight is 670 g/mol. The normalized spacial score (nSPS) is 19.1. The number of carboxylic acids is 1. The van der Waals surface area contributed by atoms with Crippen LogP contribution in [0.25, 0.3) is 0 Å². The average Bonchev–Trinajstić information content (AvgIpc) is 3.66. The van der Waals surface area contributed by atoms with Crippen LogP contribution >= 0.6 is 11.3 Å². The molecule has 0 saturated carbocycles. The zero-order valence-corrected chi connectivity index (χ0v) is 25.5. The standard InChI is InChI=1S/C24H31N9O10S2/c1-24(2)18(20(35)33(24)43-45(38,39)40)31-19(34)17(15-11-44-22(26)30-15)32-42-16(21(36)37)10-41-13-5-3-12(4-6-13)14(25)9-29-23-27-7-8-28-23/h3-6,11,14,16,18H,7-10,25H2,1-2H3,(H2,26,30)(H,31,34)(H,36,37)(H2,27,28,29)(H,38,39,40)/t14-,16?,18?/m1/s1. The topological polar surface area (TPSA) is 282 Å². The van der Waals surface area contributed by atoms with Crippen LogP contribution in [0.4, 0.5) is 5.13 Å². The molecule has 1 aromatic carbocycles. The van der Waals surface area contributed by atoms with Crippen LogP contribution < -0.4 is 32.2 Å². The number of nitrogen functional groups attached to an aromatic ring is 1. The van der Waals surface area contributed by atoms with Crippen LogP contribution in [0, 0.1) is 0 Å². The van der Waals surface area contributed by atoms with Crippen molar-refractivity contribution < 1.29 is 46.3 Å². The Balaban J connectivity index is 1.40. The van der Waals surface area contributed by atoms with Crippen LogP contribution in [-0.4, -0.2) is 102 Å². The number of carbonyl (C=O) groups is 3. The molecule has 9 N–H and O–H groups in total. The summed E-state index contributed by atoms with van der Waals surface area (Å²) < 4.78 is 40.9. The number of ether oxygens (including phenoxy) is 1. The van der Waals surface area contributed by atoms with Crippen molar-refractivity contribution in [3.63, 3.8) is 0 Å². The highest BCUT2D eigenvalue weighted by Gasteiger charge is 2.58. The highest BCUT2D eigenvalue weighted by Crippen LogP contribution is 2.33. The van der Waals surface area contributed by atoms with Crippen LogP contribution in [0.15, 0.2) is 39.8 Å². The van der Waals surface area contributed by atoms with Gasteiger partial charge in [-0.1, -0.05) is 17.3 Å². The first-order chi connectivity index (χ1) is 21.2. The maximum Gasteiger partial charge on any atom is 0.418 e. The molecule has 1 aromatic heterocycles. The first-order valence-corrected chi connectivity index (χ1v) is 15.4. The lowest BCUT2D eigenvalue weighted by Gasteiger charge is -2.50. The van der Waals surface area contributed by atoms with E-state index in [9.17, 15) is 27.9 Å². The zero-order valence-electron chi connectivity index (χ0n) is 23.9. The summed E-state index contributed by atoms with van der Waals surface area (Å²) >= 11 is 0.954. The molecule has 2 unspecified atom stereocenters. The Morgan fingerprint density at radius 2 is 2.02 bits per heavy atom. The number of aliphatic imine (C=N–C) groups is 1. The molecule has 3 heterocycles. The van der Waals surface area contributed by atoms with E-state index in [4.69, 9.17) is 25.6 Å². The Bertz CT molecular complexity index is 1590. The third-order valence-corrected chi connectivity index (χ3v) is 7.53. The van der Waals surface area contributed by atoms with Gasteiger partial charge in [-0.2, -0.15) is 13.5 Å². The molecule has 4 rings (SSSR count). The molecule has 2 aliphatic rings. The number of nitrogens with two attached hydrogens (primary N) is 2. The van der Waals surface area contributed by atoms with Crippen molar-refractivity contribution in [2.24, 2.45) is 15.9 Å². The minimum absolute atomic E-state index is 0.0549. The second-order valence-corrected chi connectivity index (χ2v) is 12.1. The number of carboxylic acid groups (broad SMARTS) is 1. The van der Waals surface area contributed by atoms with E-state index in [0.717, 1.165) is 23.4 Å². The molecule has 21 heteroatoms. The number of thiazole rings is 1. The Morgan fingerprint density at radius 3 is 2.58 bits per heavy atom. The van der Waals surface area contributed by atoms with E-state index in [0.29, 0.717) is 29.9 Å². The summed E-state index contributed by atoms with van der Waals surface area (Å²) in [5, 5.41) is 23.7. The van der Waals surface area contributed by atoms with Crippen molar-refractivity contribution in [2.75, 3.05) is 32.0 Å². The third-order valence-electron chi connectivity index (χ3n) is 6.52. The van der Waals surface area contributed by atoms with Gasteiger partial charge in [0.2, 0.25) is 0 Å². The van der Waals surface area contributed by atoms with Crippen LogP contribution in [0.2, 0.25) is 0 Å². The highest BCUT2D eigenvalue weighted by molar-refractivity contribution is 7.80. The fourth-order valence-electron chi connectivity index (χ4n) is 4.11. The number of hydrogen-bond acceptors (Lipinski definition) is 16. The second-order valence-electron chi connectivity index (χ2n) is 10.2. The van der Waals surface area contributed by atoms with Crippen molar-refractivity contribution >= 4 is 56.3 Å². The molecule has 0 radical (unpaired) electrons. The Morgan fingerprint density at radius 1 is 1.31 bits per heavy atom. The predicted octanol–water partition coefficient (Wildman–Crippen LogP) is -1.63. The van der Waals surface area contributed by atoms with Gasteiger partial charge in [-0.3, -0.25) is 19.1 Å². The summed E-state index contributed by atoms with van der Waals surface area (Å²) in [5.74, 6) is -2.49. The Labute approximate surface area is 260 Å². The van der Waals surface area contributed by atoms with Gasteiger partial charge in [-0.25, -0.2) is 9.78 Å². The van der Waals surface area contributed by atoms with Gasteiger partial charge in [0.1, 0.15) is 24.1 Å². The van der Waals surface area contributed by atoms with Crippen molar-refractivity contribution in [1.29, 1.82) is 0 Å². The number of amides is 2. The number of aromatic nitrogens is 1. The Kier molecular flexibility index (Phi) is 10.1. The molecule has 2 amide bonds. The van der Waals surface area contributed by atoms with Crippen molar-refractivity contribution in [3.05, 3.63) is 40.9 Å². The first-order valence-electron chi connectivity index (χ1n) is 13.2. The number of hydrogen-bond donors (Lipinski definition) is 7. The molecule has 2 aromatic rings. The van der Waals surface area contributed by atoms with Crippen molar-refractivity contribution in [3.8, 4) is 5.75 Å². The summed E-state index contributed by atoms with van der Waals surface area (Å²) in [4.78, 5) is 50.9. The number of rotatable bonds is 14. The van der Waals surface area contributed by atoms with E-state index in [1.807, 2.05) is 0 Å². The van der Waals surface area contributed by atoms with Gasteiger partial charge in [-0.05, 0) is 31.5 Å². The fraction of sp³-hybridized carbons (Fsp3) is 0.417. The minimum atomic E-state index is -5.02. The molecule has 0 bridgehead atoms. The molecule has 3 atom stereocenters. The van der Waals surface area contributed by atoms with Gasteiger partial charge < -0.3 is 42.1 Å². The molecule has 2 aliphatic heterocycles. The molecule has 0 aliphatic carbocycles. The number of anilines is 1. The van der Waals surface area contributed by atoms with E-state index < -0.39 is 58.2 Å². The lowest BCUT2D eigenvalue weighted by Crippen LogP contribution is -2.76. The van der Waals surface area contributed by atoms with Gasteiger partial charge in [0.25, 0.3) is 17.9 Å². The SMILES string of the molecule is CC1(C)C(NC(=O)C(=NOC(COc2ccc([C@H](N)CNC3=NCCN3)cc2)C(=O)O)c2csc(N)n2)C(=O)N1OS(=O)(=O)O. The molecule has 1 saturated heterocycles. The van der Waals surface area contributed by atoms with E-state index in [1.165, 1.54) is 19.2 Å². The lowest BCUT2D eigenvalue weighted by molar-refractivity contribution is -0.218. The van der Waals surface area contributed by atoms with Crippen LogP contribution in [0.5, 0.6) is 5.75 Å². The molecule has 0 spiro atoms. The summed E-state index contributed by atoms with van der Waals surface area (Å²) in [6.45, 7) is 4.10. The minimum Gasteiger partial charge on any atom is -0.489 e. The number of carbonyl (C=O) groups excluding carboxylic acids is 2. The maximum absolute atomic E-state index is 13.2. The number of benzene rings is 1. The maximum atomic E-state index is 13.2. The largest absolute Gasteiger partial charge is 0.489 e. The van der Waals surface area contributed by atoms with E-state index >= 15 is 0 Å². The Hall–Kier alpha value is -4.57. The fourth-order valence-corrected chi connectivity index (χ4v) is 5.11. The highest BCUT2D eigenvalue weighted by atomic mass is 32.3. The van der Waals surface area contributed by atoms with Gasteiger partial charge in [0.05, 0.1) is 12.1 Å². The molecule has 45 heavy (non-hydrogen) atoms. The summed E-state index contributed by atoms with van der Waals surface area (Å²) in [6.07, 6.45) is -1.69. The first kappa shape index (κ1) is 33.3. The summed E-state index contributed by atoms with van der Waals surface area (Å²) in [6, 6.07) is 4.98. The number of β-lactam (4-membered cyclic amide) rings is 1. The molecule has 244 valence electrons. The quantitative estimate of drug-likeness (QED) is 0.0514. The monoisotopic (exact) mass is 669 g/mol. The smallest absolute Gasteiger partial charge is 0.418 e. The predicted molar refractivity (Wildman–Crippen MR) is 158 cm³/mol. The van der Waals surface area contributed by atoms with E-state index in [-0.39, 0.29) is 16.9 Å². The number of hydroxylamine groups is 2. The van der Waals surface area contributed by atoms with Gasteiger partial charge >= 0.3 is 16.4 Å². The molecule has 1 fully saturated rings. The third kappa shape index (κ3) is 8.33. The number of nitrogens with one attached hydrogen (secondary N) is 3. The number of aliphatic carboxylic acids is 1. The van der Waals surface area contributed by atoms with Crippen LogP contribution in [-0.2, 0) is 33.9 Å². The lowest BCUT2D eigenvalue weighted by atomic mass is 9.84. The van der Waals surface area contributed by atoms with Crippen molar-refractivity contribution in [2.45, 2.75) is 37.6 Å². The van der Waals surface area contributed by atoms with E-state index in [1.54, 1.807) is 24.3 Å².